The maximum Gasteiger partial charge on any atom is 0.134 e. The molecule has 0 aromatic carbocycles. The van der Waals surface area contributed by atoms with Crippen LogP contribution in [0.25, 0.3) is 0 Å². The summed E-state index contributed by atoms with van der Waals surface area (Å²) in [6.07, 6.45) is 2.34. The number of hydrogen-bond acceptors (Lipinski definition) is 5. The van der Waals surface area contributed by atoms with Gasteiger partial charge in [0, 0.05) is 29.1 Å². The van der Waals surface area contributed by atoms with Crippen LogP contribution in [0.5, 0.6) is 0 Å². The Labute approximate surface area is 100 Å². The van der Waals surface area contributed by atoms with Crippen molar-refractivity contribution in [2.75, 3.05) is 11.9 Å². The van der Waals surface area contributed by atoms with Gasteiger partial charge in [-0.2, -0.15) is 11.8 Å². The molecule has 3 nitrogen and oxygen atoms in total. The first kappa shape index (κ1) is 12.8. The van der Waals surface area contributed by atoms with Crippen LogP contribution >= 0.6 is 23.3 Å². The van der Waals surface area contributed by atoms with Crippen LogP contribution in [0, 0.1) is 0 Å². The van der Waals surface area contributed by atoms with Crippen LogP contribution in [0.3, 0.4) is 0 Å². The van der Waals surface area contributed by atoms with Crippen LogP contribution < -0.4 is 5.32 Å². The number of thioether (sulfide) groups is 1. The number of hydrogen-bond donors (Lipinski definition) is 1. The first-order valence-electron chi connectivity index (χ1n) is 5.44. The smallest absolute Gasteiger partial charge is 0.134 e. The van der Waals surface area contributed by atoms with Gasteiger partial charge in [-0.05, 0) is 12.8 Å². The highest BCUT2D eigenvalue weighted by atomic mass is 32.2. The van der Waals surface area contributed by atoms with Gasteiger partial charge in [0.25, 0.3) is 0 Å². The average Bonchev–Trinajstić information content (AvgIpc) is 2.70. The zero-order valence-electron chi connectivity index (χ0n) is 9.62. The first-order chi connectivity index (χ1) is 7.27. The topological polar surface area (TPSA) is 37.8 Å². The predicted molar refractivity (Wildman–Crippen MR) is 69.7 cm³/mol. The summed E-state index contributed by atoms with van der Waals surface area (Å²) in [5, 5.41) is 9.37. The van der Waals surface area contributed by atoms with Crippen molar-refractivity contribution in [3.63, 3.8) is 0 Å². The van der Waals surface area contributed by atoms with Gasteiger partial charge in [-0.1, -0.05) is 25.3 Å². The molecule has 0 aliphatic heterocycles. The number of rotatable bonds is 7. The van der Waals surface area contributed by atoms with E-state index in [0.717, 1.165) is 29.4 Å². The second-order valence-corrected chi connectivity index (χ2v) is 5.69. The van der Waals surface area contributed by atoms with E-state index in [2.05, 4.69) is 35.7 Å². The quantitative estimate of drug-likeness (QED) is 0.799. The van der Waals surface area contributed by atoms with Crippen molar-refractivity contribution in [3.05, 3.63) is 5.69 Å². The van der Waals surface area contributed by atoms with Gasteiger partial charge in [0.1, 0.15) is 10.7 Å². The summed E-state index contributed by atoms with van der Waals surface area (Å²) in [7, 11) is 0. The molecule has 0 amide bonds. The highest BCUT2D eigenvalue weighted by Crippen LogP contribution is 2.25. The van der Waals surface area contributed by atoms with Crippen LogP contribution in [-0.4, -0.2) is 21.4 Å². The monoisotopic (exact) mass is 245 g/mol. The van der Waals surface area contributed by atoms with Crippen molar-refractivity contribution >= 4 is 28.3 Å². The Kier molecular flexibility index (Phi) is 6.02. The Hall–Kier alpha value is -0.290. The molecule has 1 unspecified atom stereocenters. The van der Waals surface area contributed by atoms with Crippen LogP contribution in [-0.2, 0) is 5.75 Å². The molecule has 1 atom stereocenters. The fourth-order valence-electron chi connectivity index (χ4n) is 1.01. The molecule has 0 aliphatic rings. The van der Waals surface area contributed by atoms with E-state index in [4.69, 9.17) is 0 Å². The summed E-state index contributed by atoms with van der Waals surface area (Å²) in [5.41, 5.74) is 1.11. The molecule has 0 saturated carbocycles. The van der Waals surface area contributed by atoms with Gasteiger partial charge in [-0.25, -0.2) is 0 Å². The zero-order chi connectivity index (χ0) is 11.1. The van der Waals surface area contributed by atoms with E-state index in [9.17, 15) is 0 Å². The van der Waals surface area contributed by atoms with Gasteiger partial charge < -0.3 is 5.32 Å². The van der Waals surface area contributed by atoms with E-state index < -0.39 is 0 Å². The van der Waals surface area contributed by atoms with E-state index >= 15 is 0 Å². The summed E-state index contributed by atoms with van der Waals surface area (Å²) in [4.78, 5) is 0. The molecular formula is C10H19N3S2. The Balaban J connectivity index is 2.42. The second kappa shape index (κ2) is 7.06. The summed E-state index contributed by atoms with van der Waals surface area (Å²) in [6.45, 7) is 7.64. The van der Waals surface area contributed by atoms with Crippen molar-refractivity contribution in [1.82, 2.24) is 9.59 Å². The minimum atomic E-state index is 0.700. The normalized spacial score (nSPS) is 12.7. The van der Waals surface area contributed by atoms with Gasteiger partial charge in [-0.3, -0.25) is 0 Å². The molecule has 0 saturated heterocycles. The molecule has 0 aliphatic carbocycles. The zero-order valence-corrected chi connectivity index (χ0v) is 11.2. The van der Waals surface area contributed by atoms with Gasteiger partial charge in [-0.15, -0.1) is 5.10 Å². The molecule has 1 aromatic heterocycles. The minimum Gasteiger partial charge on any atom is -0.374 e. The molecule has 0 spiro atoms. The molecule has 5 heteroatoms. The van der Waals surface area contributed by atoms with E-state index in [1.54, 1.807) is 0 Å². The lowest BCUT2D eigenvalue weighted by Crippen LogP contribution is -2.01. The first-order valence-corrected chi connectivity index (χ1v) is 7.26. The molecule has 15 heavy (non-hydrogen) atoms. The van der Waals surface area contributed by atoms with Crippen LogP contribution in [0.1, 0.15) is 39.3 Å². The number of nitrogens with zero attached hydrogens (tertiary/aromatic N) is 2. The lowest BCUT2D eigenvalue weighted by Gasteiger charge is -2.07. The van der Waals surface area contributed by atoms with E-state index in [1.807, 2.05) is 11.8 Å². The minimum absolute atomic E-state index is 0.700. The Bertz CT molecular complexity index is 275. The van der Waals surface area contributed by atoms with Crippen LogP contribution in [0.2, 0.25) is 0 Å². The van der Waals surface area contributed by atoms with Gasteiger partial charge in [0.05, 0.1) is 0 Å². The molecule has 1 rings (SSSR count). The second-order valence-electron chi connectivity index (χ2n) is 3.51. The van der Waals surface area contributed by atoms with E-state index in [0.29, 0.717) is 5.25 Å². The Morgan fingerprint density at radius 3 is 2.93 bits per heavy atom. The lowest BCUT2D eigenvalue weighted by molar-refractivity contribution is 0.903. The van der Waals surface area contributed by atoms with Crippen molar-refractivity contribution in [2.24, 2.45) is 0 Å². The standard InChI is InChI=1S/C10H19N3S2/c1-4-6-11-10-9(12-13-15-10)7-14-8(3)5-2/h8,11H,4-7H2,1-3H3. The number of nitrogens with one attached hydrogen (secondary N) is 1. The molecule has 0 bridgehead atoms. The third-order valence-electron chi connectivity index (χ3n) is 2.17. The Morgan fingerprint density at radius 1 is 1.47 bits per heavy atom. The largest absolute Gasteiger partial charge is 0.374 e. The molecule has 86 valence electrons. The maximum absolute atomic E-state index is 4.16. The molecule has 1 N–H and O–H groups in total. The molecule has 1 heterocycles. The molecule has 0 fully saturated rings. The fourth-order valence-corrected chi connectivity index (χ4v) is 2.59. The highest BCUT2D eigenvalue weighted by molar-refractivity contribution is 7.99. The highest BCUT2D eigenvalue weighted by Gasteiger charge is 2.08. The summed E-state index contributed by atoms with van der Waals surface area (Å²) < 4.78 is 3.99. The Morgan fingerprint density at radius 2 is 2.27 bits per heavy atom. The van der Waals surface area contributed by atoms with E-state index in [-0.39, 0.29) is 0 Å². The van der Waals surface area contributed by atoms with Gasteiger partial charge >= 0.3 is 0 Å². The molecule has 1 aromatic rings. The SMILES string of the molecule is CCCNc1snnc1CSC(C)CC. The summed E-state index contributed by atoms with van der Waals surface area (Å²) in [5.74, 6) is 0.970. The van der Waals surface area contributed by atoms with Crippen molar-refractivity contribution in [1.29, 1.82) is 0 Å². The fraction of sp³-hybridized carbons (Fsp3) is 0.800. The third-order valence-corrected chi connectivity index (χ3v) is 4.24. The summed E-state index contributed by atoms with van der Waals surface area (Å²) in [6, 6.07) is 0. The van der Waals surface area contributed by atoms with E-state index in [1.165, 1.54) is 18.0 Å². The van der Waals surface area contributed by atoms with Crippen molar-refractivity contribution in [3.8, 4) is 0 Å². The molecular weight excluding hydrogens is 226 g/mol. The van der Waals surface area contributed by atoms with Gasteiger partial charge in [0.15, 0.2) is 0 Å². The van der Waals surface area contributed by atoms with Crippen LogP contribution in [0.4, 0.5) is 5.00 Å². The third kappa shape index (κ3) is 4.38. The average molecular weight is 245 g/mol. The number of anilines is 1. The lowest BCUT2D eigenvalue weighted by atomic mass is 10.4. The summed E-state index contributed by atoms with van der Waals surface area (Å²) >= 11 is 3.41. The van der Waals surface area contributed by atoms with Crippen LogP contribution in [0.15, 0.2) is 0 Å². The predicted octanol–water partition coefficient (Wildman–Crippen LogP) is 3.39. The van der Waals surface area contributed by atoms with Gasteiger partial charge in [0.2, 0.25) is 0 Å². The molecule has 0 radical (unpaired) electrons. The van der Waals surface area contributed by atoms with Crippen molar-refractivity contribution in [2.45, 2.75) is 44.6 Å². The number of aromatic nitrogens is 2. The maximum atomic E-state index is 4.16. The van der Waals surface area contributed by atoms with Crippen molar-refractivity contribution < 1.29 is 0 Å².